The van der Waals surface area contributed by atoms with Crippen LogP contribution in [-0.2, 0) is 22.6 Å². The second kappa shape index (κ2) is 8.34. The number of hydrogen-bond acceptors (Lipinski definition) is 4. The summed E-state index contributed by atoms with van der Waals surface area (Å²) in [5, 5.41) is 20.5. The molecule has 0 saturated heterocycles. The van der Waals surface area contributed by atoms with E-state index in [1.54, 1.807) is 36.4 Å². The SMILES string of the molecule is N#Cc1cccc(C[C@@H](NC(=O)OCc2ccccc2)C(=O)O)c1. The number of ether oxygens (including phenoxy) is 1. The van der Waals surface area contributed by atoms with E-state index in [2.05, 4.69) is 5.32 Å². The normalized spacial score (nSPS) is 11.1. The van der Waals surface area contributed by atoms with E-state index in [0.29, 0.717) is 11.1 Å². The molecular formula is C18H16N2O4. The van der Waals surface area contributed by atoms with Crippen molar-refractivity contribution >= 4 is 12.1 Å². The number of rotatable bonds is 6. The van der Waals surface area contributed by atoms with Gasteiger partial charge in [0.15, 0.2) is 0 Å². The second-order valence-corrected chi connectivity index (χ2v) is 5.11. The molecule has 0 aliphatic rings. The maximum absolute atomic E-state index is 11.8. The summed E-state index contributed by atoms with van der Waals surface area (Å²) in [4.78, 5) is 23.1. The Morgan fingerprint density at radius 3 is 2.50 bits per heavy atom. The molecule has 1 atom stereocenters. The highest BCUT2D eigenvalue weighted by Gasteiger charge is 2.21. The minimum Gasteiger partial charge on any atom is -0.480 e. The smallest absolute Gasteiger partial charge is 0.408 e. The Hall–Kier alpha value is -3.33. The minimum atomic E-state index is -1.17. The van der Waals surface area contributed by atoms with Gasteiger partial charge in [0.25, 0.3) is 0 Å². The quantitative estimate of drug-likeness (QED) is 0.850. The molecule has 2 aromatic rings. The average Bonchev–Trinajstić information content (AvgIpc) is 2.60. The molecule has 0 radical (unpaired) electrons. The number of carboxylic acid groups (broad SMARTS) is 1. The van der Waals surface area contributed by atoms with Crippen molar-refractivity contribution in [3.63, 3.8) is 0 Å². The molecule has 0 aliphatic heterocycles. The molecule has 2 rings (SSSR count). The molecular weight excluding hydrogens is 308 g/mol. The Kier molecular flexibility index (Phi) is 5.92. The van der Waals surface area contributed by atoms with E-state index in [1.165, 1.54) is 0 Å². The van der Waals surface area contributed by atoms with Crippen LogP contribution >= 0.6 is 0 Å². The summed E-state index contributed by atoms with van der Waals surface area (Å²) in [6, 6.07) is 16.5. The third-order valence-corrected chi connectivity index (χ3v) is 3.30. The van der Waals surface area contributed by atoms with E-state index in [1.807, 2.05) is 24.3 Å². The van der Waals surface area contributed by atoms with Crippen molar-refractivity contribution in [3.05, 3.63) is 71.3 Å². The highest BCUT2D eigenvalue weighted by Crippen LogP contribution is 2.08. The van der Waals surface area contributed by atoms with Crippen LogP contribution in [0.1, 0.15) is 16.7 Å². The Morgan fingerprint density at radius 2 is 1.83 bits per heavy atom. The average molecular weight is 324 g/mol. The van der Waals surface area contributed by atoms with Gasteiger partial charge in [0, 0.05) is 6.42 Å². The highest BCUT2D eigenvalue weighted by atomic mass is 16.5. The fourth-order valence-corrected chi connectivity index (χ4v) is 2.11. The number of aliphatic carboxylic acids is 1. The molecule has 0 unspecified atom stereocenters. The lowest BCUT2D eigenvalue weighted by Crippen LogP contribution is -2.42. The number of carboxylic acids is 1. The van der Waals surface area contributed by atoms with Gasteiger partial charge in [-0.1, -0.05) is 42.5 Å². The molecule has 0 fully saturated rings. The fraction of sp³-hybridized carbons (Fsp3) is 0.167. The molecule has 6 heteroatoms. The molecule has 122 valence electrons. The van der Waals surface area contributed by atoms with E-state index >= 15 is 0 Å². The van der Waals surface area contributed by atoms with Gasteiger partial charge in [-0.2, -0.15) is 5.26 Å². The van der Waals surface area contributed by atoms with Crippen LogP contribution in [0.5, 0.6) is 0 Å². The fourth-order valence-electron chi connectivity index (χ4n) is 2.11. The van der Waals surface area contributed by atoms with Crippen LogP contribution < -0.4 is 5.32 Å². The van der Waals surface area contributed by atoms with Crippen molar-refractivity contribution in [1.82, 2.24) is 5.32 Å². The molecule has 1 amide bonds. The first kappa shape index (κ1) is 17.0. The van der Waals surface area contributed by atoms with Crippen LogP contribution in [0, 0.1) is 11.3 Å². The van der Waals surface area contributed by atoms with Gasteiger partial charge in [0.05, 0.1) is 11.6 Å². The lowest BCUT2D eigenvalue weighted by Gasteiger charge is -2.15. The minimum absolute atomic E-state index is 0.0585. The van der Waals surface area contributed by atoms with Crippen LogP contribution in [-0.4, -0.2) is 23.2 Å². The number of nitrogens with one attached hydrogen (secondary N) is 1. The van der Waals surface area contributed by atoms with Gasteiger partial charge in [-0.15, -0.1) is 0 Å². The van der Waals surface area contributed by atoms with Gasteiger partial charge >= 0.3 is 12.1 Å². The Balaban J connectivity index is 1.94. The molecule has 2 aromatic carbocycles. The molecule has 6 nitrogen and oxygen atoms in total. The van der Waals surface area contributed by atoms with Crippen LogP contribution in [0.2, 0.25) is 0 Å². The largest absolute Gasteiger partial charge is 0.480 e. The summed E-state index contributed by atoms with van der Waals surface area (Å²) in [5.74, 6) is -1.17. The zero-order valence-electron chi connectivity index (χ0n) is 12.8. The van der Waals surface area contributed by atoms with E-state index < -0.39 is 18.1 Å². The number of carbonyl (C=O) groups is 2. The Bertz CT molecular complexity index is 753. The number of carbonyl (C=O) groups excluding carboxylic acids is 1. The zero-order chi connectivity index (χ0) is 17.4. The van der Waals surface area contributed by atoms with Gasteiger partial charge in [0.2, 0.25) is 0 Å². The van der Waals surface area contributed by atoms with Gasteiger partial charge in [-0.25, -0.2) is 9.59 Å². The van der Waals surface area contributed by atoms with Crippen LogP contribution in [0.3, 0.4) is 0 Å². The molecule has 0 aromatic heterocycles. The van der Waals surface area contributed by atoms with Crippen molar-refractivity contribution in [2.45, 2.75) is 19.1 Å². The summed E-state index contributed by atoms with van der Waals surface area (Å²) < 4.78 is 5.03. The maximum atomic E-state index is 11.8. The third kappa shape index (κ3) is 5.14. The first-order valence-electron chi connectivity index (χ1n) is 7.27. The van der Waals surface area contributed by atoms with Gasteiger partial charge in [-0.3, -0.25) is 0 Å². The van der Waals surface area contributed by atoms with Crippen molar-refractivity contribution in [2.24, 2.45) is 0 Å². The number of benzene rings is 2. The van der Waals surface area contributed by atoms with Gasteiger partial charge in [-0.05, 0) is 23.3 Å². The standard InChI is InChI=1S/C18H16N2O4/c19-11-15-8-4-7-14(9-15)10-16(17(21)22)20-18(23)24-12-13-5-2-1-3-6-13/h1-9,16H,10,12H2,(H,20,23)(H,21,22)/t16-/m1/s1. The summed E-state index contributed by atoms with van der Waals surface area (Å²) in [7, 11) is 0. The number of nitriles is 1. The Morgan fingerprint density at radius 1 is 1.12 bits per heavy atom. The summed E-state index contributed by atoms with van der Waals surface area (Å²) in [6.07, 6.45) is -0.742. The topological polar surface area (TPSA) is 99.4 Å². The number of hydrogen-bond donors (Lipinski definition) is 2. The van der Waals surface area contributed by atoms with Gasteiger partial charge < -0.3 is 15.2 Å². The molecule has 0 aliphatic carbocycles. The molecule has 2 N–H and O–H groups in total. The Labute approximate surface area is 139 Å². The lowest BCUT2D eigenvalue weighted by molar-refractivity contribution is -0.139. The van der Waals surface area contributed by atoms with E-state index in [9.17, 15) is 14.7 Å². The summed E-state index contributed by atoms with van der Waals surface area (Å²) >= 11 is 0. The molecule has 24 heavy (non-hydrogen) atoms. The number of amides is 1. The first-order chi connectivity index (χ1) is 11.6. The number of nitrogens with zero attached hydrogens (tertiary/aromatic N) is 1. The van der Waals surface area contributed by atoms with Crippen LogP contribution in [0.4, 0.5) is 4.79 Å². The summed E-state index contributed by atoms with van der Waals surface area (Å²) in [6.45, 7) is 0.0585. The van der Waals surface area contributed by atoms with E-state index in [-0.39, 0.29) is 13.0 Å². The van der Waals surface area contributed by atoms with Crippen LogP contribution in [0.25, 0.3) is 0 Å². The molecule has 0 spiro atoms. The number of alkyl carbamates (subject to hydrolysis) is 1. The maximum Gasteiger partial charge on any atom is 0.408 e. The predicted octanol–water partition coefficient (Wildman–Crippen LogP) is 2.48. The predicted molar refractivity (Wildman–Crippen MR) is 86.0 cm³/mol. The van der Waals surface area contributed by atoms with Crippen molar-refractivity contribution in [3.8, 4) is 6.07 Å². The monoisotopic (exact) mass is 324 g/mol. The van der Waals surface area contributed by atoms with Crippen molar-refractivity contribution < 1.29 is 19.4 Å². The van der Waals surface area contributed by atoms with Crippen LogP contribution in [0.15, 0.2) is 54.6 Å². The van der Waals surface area contributed by atoms with E-state index in [0.717, 1.165) is 5.56 Å². The van der Waals surface area contributed by atoms with Gasteiger partial charge in [0.1, 0.15) is 12.6 Å². The lowest BCUT2D eigenvalue weighted by atomic mass is 10.0. The highest BCUT2D eigenvalue weighted by molar-refractivity contribution is 5.80. The summed E-state index contributed by atoms with van der Waals surface area (Å²) in [5.41, 5.74) is 1.88. The molecule has 0 bridgehead atoms. The second-order valence-electron chi connectivity index (χ2n) is 5.11. The molecule has 0 heterocycles. The van der Waals surface area contributed by atoms with Crippen molar-refractivity contribution in [1.29, 1.82) is 5.26 Å². The first-order valence-corrected chi connectivity index (χ1v) is 7.27. The molecule has 0 saturated carbocycles. The third-order valence-electron chi connectivity index (χ3n) is 3.30. The zero-order valence-corrected chi connectivity index (χ0v) is 12.8. The van der Waals surface area contributed by atoms with E-state index in [4.69, 9.17) is 10.00 Å². The van der Waals surface area contributed by atoms with Crippen molar-refractivity contribution in [2.75, 3.05) is 0 Å².